The third-order valence-electron chi connectivity index (χ3n) is 4.10. The van der Waals surface area contributed by atoms with Crippen LogP contribution in [0.1, 0.15) is 56.7 Å². The van der Waals surface area contributed by atoms with E-state index in [4.69, 9.17) is 4.74 Å². The maximum atomic E-state index is 5.95. The van der Waals surface area contributed by atoms with Crippen molar-refractivity contribution in [1.82, 2.24) is 5.32 Å². The second-order valence-electron chi connectivity index (χ2n) is 5.80. The van der Waals surface area contributed by atoms with Crippen molar-refractivity contribution in [3.8, 4) is 5.75 Å². The van der Waals surface area contributed by atoms with E-state index < -0.39 is 0 Å². The normalized spacial score (nSPS) is 19.8. The predicted molar refractivity (Wildman–Crippen MR) is 80.7 cm³/mol. The number of rotatable bonds is 6. The van der Waals surface area contributed by atoms with Crippen molar-refractivity contribution in [3.63, 3.8) is 0 Å². The van der Waals surface area contributed by atoms with Gasteiger partial charge in [-0.15, -0.1) is 0 Å². The van der Waals surface area contributed by atoms with Crippen LogP contribution in [-0.4, -0.2) is 13.7 Å². The lowest BCUT2D eigenvalue weighted by atomic mass is 9.87. The maximum absolute atomic E-state index is 5.95. The highest BCUT2D eigenvalue weighted by Crippen LogP contribution is 2.32. The molecule has 0 heterocycles. The first-order valence-corrected chi connectivity index (χ1v) is 7.67. The molecule has 1 aliphatic rings. The fourth-order valence-corrected chi connectivity index (χ4v) is 2.98. The van der Waals surface area contributed by atoms with Crippen LogP contribution in [0.15, 0.2) is 18.2 Å². The molecule has 2 rings (SSSR count). The lowest BCUT2D eigenvalue weighted by Crippen LogP contribution is -2.21. The summed E-state index contributed by atoms with van der Waals surface area (Å²) in [4.78, 5) is 0. The van der Waals surface area contributed by atoms with Gasteiger partial charge in [-0.05, 0) is 61.9 Å². The van der Waals surface area contributed by atoms with E-state index in [0.717, 1.165) is 12.4 Å². The Morgan fingerprint density at radius 1 is 1.42 bits per heavy atom. The molecule has 1 aromatic rings. The van der Waals surface area contributed by atoms with E-state index in [1.165, 1.54) is 43.2 Å². The van der Waals surface area contributed by atoms with E-state index in [0.29, 0.717) is 12.0 Å². The largest absolute Gasteiger partial charge is 0.493 e. The number of benzene rings is 1. The fraction of sp³-hybridized carbons (Fsp3) is 0.647. The SMILES string of the molecule is CCCC(C)COc1ccc2c(c1)C(NC)CCC2. The minimum Gasteiger partial charge on any atom is -0.493 e. The van der Waals surface area contributed by atoms with E-state index in [1.54, 1.807) is 0 Å². The molecule has 1 N–H and O–H groups in total. The number of hydrogen-bond donors (Lipinski definition) is 1. The van der Waals surface area contributed by atoms with Gasteiger partial charge in [0.2, 0.25) is 0 Å². The summed E-state index contributed by atoms with van der Waals surface area (Å²) >= 11 is 0. The van der Waals surface area contributed by atoms with Crippen LogP contribution in [-0.2, 0) is 6.42 Å². The van der Waals surface area contributed by atoms with Gasteiger partial charge in [0.05, 0.1) is 6.61 Å². The van der Waals surface area contributed by atoms with Crippen LogP contribution in [0.3, 0.4) is 0 Å². The van der Waals surface area contributed by atoms with E-state index >= 15 is 0 Å². The molecular weight excluding hydrogens is 234 g/mol. The van der Waals surface area contributed by atoms with Crippen molar-refractivity contribution in [2.45, 2.75) is 52.0 Å². The van der Waals surface area contributed by atoms with Crippen LogP contribution >= 0.6 is 0 Å². The highest BCUT2D eigenvalue weighted by atomic mass is 16.5. The van der Waals surface area contributed by atoms with Crippen LogP contribution in [0.2, 0.25) is 0 Å². The molecular formula is C17H27NO. The number of hydrogen-bond acceptors (Lipinski definition) is 2. The Hall–Kier alpha value is -1.02. The van der Waals surface area contributed by atoms with Gasteiger partial charge in [0.15, 0.2) is 0 Å². The third-order valence-corrected chi connectivity index (χ3v) is 4.10. The van der Waals surface area contributed by atoms with Crippen LogP contribution in [0.4, 0.5) is 0 Å². The molecule has 2 nitrogen and oxygen atoms in total. The highest BCUT2D eigenvalue weighted by Gasteiger charge is 2.19. The summed E-state index contributed by atoms with van der Waals surface area (Å²) in [5, 5.41) is 3.42. The molecule has 2 heteroatoms. The van der Waals surface area contributed by atoms with Crippen molar-refractivity contribution in [2.75, 3.05) is 13.7 Å². The number of nitrogens with one attached hydrogen (secondary N) is 1. The minimum absolute atomic E-state index is 0.500. The molecule has 19 heavy (non-hydrogen) atoms. The lowest BCUT2D eigenvalue weighted by Gasteiger charge is -2.26. The molecule has 0 aliphatic heterocycles. The second kappa shape index (κ2) is 6.95. The first-order valence-electron chi connectivity index (χ1n) is 7.67. The number of ether oxygens (including phenoxy) is 1. The van der Waals surface area contributed by atoms with Gasteiger partial charge in [-0.25, -0.2) is 0 Å². The Morgan fingerprint density at radius 2 is 2.26 bits per heavy atom. The molecule has 0 bridgehead atoms. The van der Waals surface area contributed by atoms with Crippen LogP contribution in [0, 0.1) is 5.92 Å². The van der Waals surface area contributed by atoms with Gasteiger partial charge in [-0.1, -0.05) is 26.3 Å². The van der Waals surface area contributed by atoms with Crippen LogP contribution in [0.25, 0.3) is 0 Å². The summed E-state index contributed by atoms with van der Waals surface area (Å²) in [7, 11) is 2.05. The zero-order chi connectivity index (χ0) is 13.7. The van der Waals surface area contributed by atoms with Gasteiger partial charge in [0, 0.05) is 6.04 Å². The van der Waals surface area contributed by atoms with Crippen molar-refractivity contribution in [1.29, 1.82) is 0 Å². The zero-order valence-electron chi connectivity index (χ0n) is 12.5. The minimum atomic E-state index is 0.500. The highest BCUT2D eigenvalue weighted by molar-refractivity contribution is 5.39. The van der Waals surface area contributed by atoms with Crippen molar-refractivity contribution >= 4 is 0 Å². The standard InChI is InChI=1S/C17H27NO/c1-4-6-13(2)12-19-15-10-9-14-7-5-8-17(18-3)16(14)11-15/h9-11,13,17-18H,4-8,12H2,1-3H3. The third kappa shape index (κ3) is 3.73. The van der Waals surface area contributed by atoms with E-state index in [-0.39, 0.29) is 0 Å². The predicted octanol–water partition coefficient (Wildman–Crippen LogP) is 4.10. The van der Waals surface area contributed by atoms with Gasteiger partial charge in [-0.2, -0.15) is 0 Å². The van der Waals surface area contributed by atoms with Crippen molar-refractivity contribution < 1.29 is 4.74 Å². The van der Waals surface area contributed by atoms with Crippen LogP contribution in [0.5, 0.6) is 5.75 Å². The molecule has 106 valence electrons. The first-order chi connectivity index (χ1) is 9.24. The molecule has 0 spiro atoms. The average molecular weight is 261 g/mol. The Morgan fingerprint density at radius 3 is 3.00 bits per heavy atom. The lowest BCUT2D eigenvalue weighted by molar-refractivity contribution is 0.251. The summed E-state index contributed by atoms with van der Waals surface area (Å²) in [5.74, 6) is 1.67. The monoisotopic (exact) mass is 261 g/mol. The number of aryl methyl sites for hydroxylation is 1. The summed E-state index contributed by atoms with van der Waals surface area (Å²) in [6.45, 7) is 5.32. The first kappa shape index (κ1) is 14.4. The summed E-state index contributed by atoms with van der Waals surface area (Å²) in [6, 6.07) is 7.13. The molecule has 2 atom stereocenters. The summed E-state index contributed by atoms with van der Waals surface area (Å²) < 4.78 is 5.95. The second-order valence-corrected chi connectivity index (χ2v) is 5.80. The van der Waals surface area contributed by atoms with E-state index in [2.05, 4.69) is 44.4 Å². The van der Waals surface area contributed by atoms with Gasteiger partial charge in [0.25, 0.3) is 0 Å². The Bertz CT molecular complexity index is 402. The Kier molecular flexibility index (Phi) is 5.26. The molecule has 0 amide bonds. The molecule has 1 aromatic carbocycles. The molecule has 0 radical (unpaired) electrons. The molecule has 2 unspecified atom stereocenters. The maximum Gasteiger partial charge on any atom is 0.119 e. The zero-order valence-corrected chi connectivity index (χ0v) is 12.5. The Labute approximate surface area is 117 Å². The van der Waals surface area contributed by atoms with Crippen LogP contribution < -0.4 is 10.1 Å². The summed E-state index contributed by atoms with van der Waals surface area (Å²) in [5.41, 5.74) is 2.92. The van der Waals surface area contributed by atoms with Gasteiger partial charge >= 0.3 is 0 Å². The van der Waals surface area contributed by atoms with Crippen molar-refractivity contribution in [3.05, 3.63) is 29.3 Å². The fourth-order valence-electron chi connectivity index (χ4n) is 2.98. The van der Waals surface area contributed by atoms with Crippen molar-refractivity contribution in [2.24, 2.45) is 5.92 Å². The molecule has 0 saturated carbocycles. The summed E-state index contributed by atoms with van der Waals surface area (Å²) in [6.07, 6.45) is 6.20. The van der Waals surface area contributed by atoms with Gasteiger partial charge in [-0.3, -0.25) is 0 Å². The molecule has 1 aliphatic carbocycles. The smallest absolute Gasteiger partial charge is 0.119 e. The van der Waals surface area contributed by atoms with E-state index in [1.807, 2.05) is 0 Å². The van der Waals surface area contributed by atoms with E-state index in [9.17, 15) is 0 Å². The van der Waals surface area contributed by atoms with Gasteiger partial charge < -0.3 is 10.1 Å². The van der Waals surface area contributed by atoms with Gasteiger partial charge in [0.1, 0.15) is 5.75 Å². The quantitative estimate of drug-likeness (QED) is 0.832. The molecule has 0 saturated heterocycles. The molecule has 0 aromatic heterocycles. The average Bonchev–Trinajstić information content (AvgIpc) is 2.44. The molecule has 0 fully saturated rings. The Balaban J connectivity index is 2.03. The topological polar surface area (TPSA) is 21.3 Å². The number of fused-ring (bicyclic) bond motifs is 1.